The van der Waals surface area contributed by atoms with Crippen molar-refractivity contribution in [3.63, 3.8) is 0 Å². The fourth-order valence-corrected chi connectivity index (χ4v) is 8.04. The molecule has 2 saturated carbocycles. The van der Waals surface area contributed by atoms with Crippen LogP contribution in [0.15, 0.2) is 46.3 Å². The summed E-state index contributed by atoms with van der Waals surface area (Å²) in [7, 11) is 1.87. The van der Waals surface area contributed by atoms with Gasteiger partial charge in [-0.2, -0.15) is 0 Å². The van der Waals surface area contributed by atoms with Gasteiger partial charge in [0.25, 0.3) is 0 Å². The molecule has 2 heterocycles. The van der Waals surface area contributed by atoms with Crippen molar-refractivity contribution < 1.29 is 23.9 Å². The van der Waals surface area contributed by atoms with E-state index in [1.165, 1.54) is 26.7 Å². The normalized spacial score (nSPS) is 26.8. The number of thiophene rings is 1. The van der Waals surface area contributed by atoms with Gasteiger partial charge < -0.3 is 14.4 Å². The van der Waals surface area contributed by atoms with Crippen LogP contribution in [-0.4, -0.2) is 66.0 Å². The van der Waals surface area contributed by atoms with Crippen LogP contribution in [0.4, 0.5) is 0 Å². The average molecular weight is 630 g/mol. The summed E-state index contributed by atoms with van der Waals surface area (Å²) in [5, 5.41) is 1.99. The number of rotatable bonds is 8. The van der Waals surface area contributed by atoms with Gasteiger partial charge in [-0.25, -0.2) is 0 Å². The van der Waals surface area contributed by atoms with Gasteiger partial charge in [-0.15, -0.1) is 11.3 Å². The molecule has 1 saturated heterocycles. The van der Waals surface area contributed by atoms with Gasteiger partial charge in [-0.3, -0.25) is 19.3 Å². The molecule has 1 aliphatic heterocycles. The molecule has 3 fully saturated rings. The molecule has 1 aromatic heterocycles. The number of nitrogens with zero attached hydrogens (tertiary/aromatic N) is 2. The third-order valence-corrected chi connectivity index (χ3v) is 10.4. The summed E-state index contributed by atoms with van der Waals surface area (Å²) in [4.78, 5) is 43.0. The molecule has 0 unspecified atom stereocenters. The van der Waals surface area contributed by atoms with Gasteiger partial charge >= 0.3 is 11.9 Å². The number of amides is 1. The summed E-state index contributed by atoms with van der Waals surface area (Å²) in [5.41, 5.74) is -0.280. The Bertz CT molecular complexity index is 1310. The van der Waals surface area contributed by atoms with Crippen molar-refractivity contribution in [1.29, 1.82) is 0 Å². The average Bonchev–Trinajstić information content (AvgIpc) is 3.62. The Labute approximate surface area is 248 Å². The van der Waals surface area contributed by atoms with E-state index in [1.54, 1.807) is 23.5 Å². The van der Waals surface area contributed by atoms with Crippen LogP contribution in [-0.2, 0) is 24.5 Å². The number of hydrogen-bond acceptors (Lipinski definition) is 7. The highest BCUT2D eigenvalue weighted by Crippen LogP contribution is 2.55. The van der Waals surface area contributed by atoms with Gasteiger partial charge in [0.15, 0.2) is 0 Å². The predicted octanol–water partition coefficient (Wildman–Crippen LogP) is 5.82. The van der Waals surface area contributed by atoms with Crippen LogP contribution in [0.1, 0.15) is 62.8 Å². The third kappa shape index (κ3) is 6.21. The first-order valence-electron chi connectivity index (χ1n) is 14.0. The van der Waals surface area contributed by atoms with E-state index in [1.807, 2.05) is 41.6 Å². The van der Waals surface area contributed by atoms with E-state index in [4.69, 9.17) is 9.47 Å². The van der Waals surface area contributed by atoms with Gasteiger partial charge in [0, 0.05) is 66.2 Å². The quantitative estimate of drug-likeness (QED) is 0.208. The molecule has 1 aromatic carbocycles. The molecule has 1 amide bonds. The molecule has 0 N–H and O–H groups in total. The molecule has 7 nitrogen and oxygen atoms in total. The first-order valence-corrected chi connectivity index (χ1v) is 15.7. The highest BCUT2D eigenvalue weighted by atomic mass is 79.9. The van der Waals surface area contributed by atoms with Crippen LogP contribution >= 0.6 is 27.3 Å². The lowest BCUT2D eigenvalue weighted by Gasteiger charge is -2.60. The Hall–Kier alpha value is -2.49. The number of likely N-dealkylation sites (tertiary alicyclic amines) is 1. The second-order valence-electron chi connectivity index (χ2n) is 11.6. The van der Waals surface area contributed by atoms with Crippen LogP contribution in [0.2, 0.25) is 0 Å². The molecule has 2 aromatic rings. The lowest BCUT2D eigenvalue weighted by atomic mass is 9.55. The van der Waals surface area contributed by atoms with Crippen LogP contribution in [0.25, 0.3) is 6.08 Å². The molecular formula is C31H37BrN2O5S. The molecule has 5 rings (SSSR count). The molecule has 3 atom stereocenters. The number of halogens is 1. The number of piperidine rings is 1. The summed E-state index contributed by atoms with van der Waals surface area (Å²) in [6.07, 6.45) is 8.84. The van der Waals surface area contributed by atoms with Gasteiger partial charge in [-0.1, -0.05) is 12.1 Å². The zero-order chi connectivity index (χ0) is 28.5. The largest absolute Gasteiger partial charge is 0.457 e. The van der Waals surface area contributed by atoms with Crippen molar-refractivity contribution in [2.45, 2.75) is 69.4 Å². The number of fused-ring (bicyclic) bond motifs is 1. The van der Waals surface area contributed by atoms with Crippen LogP contribution in [0.3, 0.4) is 0 Å². The van der Waals surface area contributed by atoms with E-state index in [2.05, 4.69) is 26.9 Å². The lowest BCUT2D eigenvalue weighted by Crippen LogP contribution is -2.68. The van der Waals surface area contributed by atoms with Gasteiger partial charge in [0.1, 0.15) is 11.4 Å². The summed E-state index contributed by atoms with van der Waals surface area (Å²) in [5.74, 6) is 0.487. The molecular weight excluding hydrogens is 592 g/mol. The van der Waals surface area contributed by atoms with E-state index < -0.39 is 11.0 Å². The van der Waals surface area contributed by atoms with Crippen molar-refractivity contribution in [3.8, 4) is 5.75 Å². The maximum Gasteiger partial charge on any atom is 0.308 e. The van der Waals surface area contributed by atoms with Crippen LogP contribution in [0, 0.1) is 5.92 Å². The van der Waals surface area contributed by atoms with Crippen LogP contribution in [0.5, 0.6) is 5.75 Å². The Morgan fingerprint density at radius 2 is 1.95 bits per heavy atom. The zero-order valence-corrected chi connectivity index (χ0v) is 25.8. The molecule has 0 bridgehead atoms. The maximum atomic E-state index is 13.3. The standard InChI is InChI=1S/C31H37BrN2O5S/c1-21(35)38-27-6-4-5-24(15-27)30-13-14-34(18-23-7-8-23)20-31(30,39-22(2)36)12-11-26(17-30)33(3)29(37)10-9-28-16-25(32)19-40-28/h4-6,9-10,15-16,19,23,26H,7-8,11-14,17-18,20H2,1-3H3/b10-9+/t26-,30+,31+/m1/s1. The zero-order valence-electron chi connectivity index (χ0n) is 23.4. The Morgan fingerprint density at radius 1 is 1.15 bits per heavy atom. The first kappa shape index (κ1) is 29.0. The number of carbonyl (C=O) groups is 3. The fourth-order valence-electron chi connectivity index (χ4n) is 6.70. The number of ether oxygens (including phenoxy) is 2. The van der Waals surface area contributed by atoms with Gasteiger partial charge in [0.2, 0.25) is 5.91 Å². The molecule has 214 valence electrons. The SMILES string of the molecule is CC(=O)Oc1cccc([C@@]23CCN(CC4CC4)C[C@@]2(OC(C)=O)CC[C@@H](N(C)C(=O)/C=C/c2cc(Br)cs2)C3)c1. The number of likely N-dealkylation sites (N-methyl/N-ethyl adjacent to an activating group) is 1. The summed E-state index contributed by atoms with van der Waals surface area (Å²) >= 11 is 5.04. The molecule has 9 heteroatoms. The fraction of sp³-hybridized carbons (Fsp3) is 0.516. The number of esters is 2. The number of hydrogen-bond donors (Lipinski definition) is 0. The number of carbonyl (C=O) groups excluding carboxylic acids is 3. The lowest BCUT2D eigenvalue weighted by molar-refractivity contribution is -0.190. The first-order chi connectivity index (χ1) is 19.1. The Balaban J connectivity index is 1.49. The topological polar surface area (TPSA) is 76.2 Å². The predicted molar refractivity (Wildman–Crippen MR) is 159 cm³/mol. The van der Waals surface area contributed by atoms with E-state index in [0.717, 1.165) is 46.8 Å². The number of benzene rings is 1. The van der Waals surface area contributed by atoms with E-state index in [9.17, 15) is 14.4 Å². The third-order valence-electron chi connectivity index (χ3n) is 8.75. The monoisotopic (exact) mass is 628 g/mol. The minimum absolute atomic E-state index is 0.0386. The second kappa shape index (κ2) is 11.8. The molecule has 2 aliphatic carbocycles. The Morgan fingerprint density at radius 3 is 2.62 bits per heavy atom. The summed E-state index contributed by atoms with van der Waals surface area (Å²) < 4.78 is 12.9. The highest BCUT2D eigenvalue weighted by Gasteiger charge is 2.61. The van der Waals surface area contributed by atoms with Gasteiger partial charge in [0.05, 0.1) is 0 Å². The maximum absolute atomic E-state index is 13.3. The van der Waals surface area contributed by atoms with E-state index in [0.29, 0.717) is 25.1 Å². The van der Waals surface area contributed by atoms with Gasteiger partial charge in [-0.05, 0) is 96.8 Å². The smallest absolute Gasteiger partial charge is 0.308 e. The van der Waals surface area contributed by atoms with E-state index >= 15 is 0 Å². The molecule has 40 heavy (non-hydrogen) atoms. The minimum Gasteiger partial charge on any atom is -0.457 e. The van der Waals surface area contributed by atoms with E-state index in [-0.39, 0.29) is 23.9 Å². The van der Waals surface area contributed by atoms with Crippen LogP contribution < -0.4 is 4.74 Å². The van der Waals surface area contributed by atoms with Crippen molar-refractivity contribution in [2.75, 3.05) is 26.7 Å². The van der Waals surface area contributed by atoms with Crippen molar-refractivity contribution in [3.05, 3.63) is 56.7 Å². The minimum atomic E-state index is -0.736. The summed E-state index contributed by atoms with van der Waals surface area (Å²) in [6, 6.07) is 9.61. The van der Waals surface area contributed by atoms with Crippen molar-refractivity contribution in [1.82, 2.24) is 9.80 Å². The molecule has 3 aliphatic rings. The van der Waals surface area contributed by atoms with Crippen molar-refractivity contribution in [2.24, 2.45) is 5.92 Å². The Kier molecular flexibility index (Phi) is 8.55. The summed E-state index contributed by atoms with van der Waals surface area (Å²) in [6.45, 7) is 5.46. The molecule has 0 spiro atoms. The second-order valence-corrected chi connectivity index (χ2v) is 13.4. The van der Waals surface area contributed by atoms with Crippen molar-refractivity contribution >= 4 is 51.2 Å². The highest BCUT2D eigenvalue weighted by molar-refractivity contribution is 9.10. The molecule has 0 radical (unpaired) electrons.